The van der Waals surface area contributed by atoms with E-state index in [1.54, 1.807) is 23.4 Å². The molecule has 0 saturated carbocycles. The number of rotatable bonds is 4. The number of nitrogens with one attached hydrogen (secondary N) is 1. The number of carbonyl (C=O) groups is 2. The molecule has 148 valence electrons. The van der Waals surface area contributed by atoms with E-state index >= 15 is 0 Å². The van der Waals surface area contributed by atoms with E-state index in [2.05, 4.69) is 15.2 Å². The summed E-state index contributed by atoms with van der Waals surface area (Å²) in [6.45, 7) is 4.13. The minimum absolute atomic E-state index is 0.0985. The third-order valence-corrected chi connectivity index (χ3v) is 5.29. The maximum absolute atomic E-state index is 12.8. The molecule has 29 heavy (non-hydrogen) atoms. The van der Waals surface area contributed by atoms with Crippen LogP contribution in [0.1, 0.15) is 21.6 Å². The smallest absolute Gasteiger partial charge is 0.272 e. The molecule has 1 aliphatic rings. The Labute approximate surface area is 169 Å². The number of benzene rings is 1. The standard InChI is InChI=1S/C22H23N5O2/c1-16-5-2-3-6-17(16)13-21(28)26-9-11-27(12-10-26)22(29)20-14-19(24-25-20)18-7-4-8-23-15-18/h2-8,14-15H,9-13H2,1H3,(H,24,25). The van der Waals surface area contributed by atoms with Crippen molar-refractivity contribution in [2.24, 2.45) is 0 Å². The predicted octanol–water partition coefficient (Wildman–Crippen LogP) is 2.31. The Morgan fingerprint density at radius 2 is 1.79 bits per heavy atom. The second-order valence-corrected chi connectivity index (χ2v) is 7.18. The Morgan fingerprint density at radius 1 is 1.03 bits per heavy atom. The number of pyridine rings is 1. The topological polar surface area (TPSA) is 82.2 Å². The Balaban J connectivity index is 1.35. The third-order valence-electron chi connectivity index (χ3n) is 5.29. The number of piperazine rings is 1. The Bertz CT molecular complexity index is 1010. The zero-order valence-electron chi connectivity index (χ0n) is 16.3. The maximum Gasteiger partial charge on any atom is 0.272 e. The minimum atomic E-state index is -0.0985. The molecule has 2 amide bonds. The fourth-order valence-electron chi connectivity index (χ4n) is 3.51. The number of H-pyrrole nitrogens is 1. The molecule has 0 bridgehead atoms. The summed E-state index contributed by atoms with van der Waals surface area (Å²) in [5, 5.41) is 7.05. The predicted molar refractivity (Wildman–Crippen MR) is 109 cm³/mol. The lowest BCUT2D eigenvalue weighted by Gasteiger charge is -2.34. The van der Waals surface area contributed by atoms with E-state index in [4.69, 9.17) is 0 Å². The first-order chi connectivity index (χ1) is 14.1. The molecule has 2 aromatic heterocycles. The minimum Gasteiger partial charge on any atom is -0.339 e. The molecule has 0 aliphatic carbocycles. The van der Waals surface area contributed by atoms with Gasteiger partial charge in [0.2, 0.25) is 5.91 Å². The first kappa shape index (κ1) is 18.9. The van der Waals surface area contributed by atoms with Crippen LogP contribution in [0.2, 0.25) is 0 Å². The van der Waals surface area contributed by atoms with E-state index in [-0.39, 0.29) is 11.8 Å². The molecule has 0 radical (unpaired) electrons. The van der Waals surface area contributed by atoms with Crippen LogP contribution in [0, 0.1) is 6.92 Å². The van der Waals surface area contributed by atoms with Crippen molar-refractivity contribution >= 4 is 11.8 Å². The summed E-state index contributed by atoms with van der Waals surface area (Å²) in [4.78, 5) is 33.1. The maximum atomic E-state index is 12.8. The summed E-state index contributed by atoms with van der Waals surface area (Å²) < 4.78 is 0. The van der Waals surface area contributed by atoms with Crippen molar-refractivity contribution in [2.45, 2.75) is 13.3 Å². The molecule has 1 fully saturated rings. The number of aryl methyl sites for hydroxylation is 1. The first-order valence-electron chi connectivity index (χ1n) is 9.69. The lowest BCUT2D eigenvalue weighted by molar-refractivity contribution is -0.131. The van der Waals surface area contributed by atoms with Crippen LogP contribution in [-0.4, -0.2) is 63.0 Å². The molecule has 1 N–H and O–H groups in total. The van der Waals surface area contributed by atoms with Gasteiger partial charge in [-0.25, -0.2) is 0 Å². The van der Waals surface area contributed by atoms with Gasteiger partial charge in [0.1, 0.15) is 5.69 Å². The largest absolute Gasteiger partial charge is 0.339 e. The van der Waals surface area contributed by atoms with Crippen molar-refractivity contribution in [2.75, 3.05) is 26.2 Å². The Kier molecular flexibility index (Phi) is 5.37. The van der Waals surface area contributed by atoms with Gasteiger partial charge in [-0.3, -0.25) is 19.7 Å². The highest BCUT2D eigenvalue weighted by Gasteiger charge is 2.26. The van der Waals surface area contributed by atoms with Crippen molar-refractivity contribution in [3.63, 3.8) is 0 Å². The third kappa shape index (κ3) is 4.18. The fourth-order valence-corrected chi connectivity index (χ4v) is 3.51. The van der Waals surface area contributed by atoms with Crippen molar-refractivity contribution in [3.05, 3.63) is 71.7 Å². The van der Waals surface area contributed by atoms with Gasteiger partial charge >= 0.3 is 0 Å². The summed E-state index contributed by atoms with van der Waals surface area (Å²) in [5.74, 6) is 0.00504. The average molecular weight is 389 g/mol. The van der Waals surface area contributed by atoms with Crippen LogP contribution in [0.25, 0.3) is 11.3 Å². The lowest BCUT2D eigenvalue weighted by Crippen LogP contribution is -2.51. The quantitative estimate of drug-likeness (QED) is 0.742. The van der Waals surface area contributed by atoms with Crippen LogP contribution < -0.4 is 0 Å². The molecule has 3 heterocycles. The number of carbonyl (C=O) groups excluding carboxylic acids is 2. The number of nitrogens with zero attached hydrogens (tertiary/aromatic N) is 4. The van der Waals surface area contributed by atoms with Crippen LogP contribution in [0.3, 0.4) is 0 Å². The summed E-state index contributed by atoms with van der Waals surface area (Å²) in [6, 6.07) is 13.4. The van der Waals surface area contributed by atoms with Crippen molar-refractivity contribution in [3.8, 4) is 11.3 Å². The van der Waals surface area contributed by atoms with E-state index in [0.29, 0.717) is 44.0 Å². The number of amides is 2. The van der Waals surface area contributed by atoms with Crippen molar-refractivity contribution < 1.29 is 9.59 Å². The van der Waals surface area contributed by atoms with E-state index in [0.717, 1.165) is 16.7 Å². The van der Waals surface area contributed by atoms with Gasteiger partial charge in [-0.1, -0.05) is 24.3 Å². The lowest BCUT2D eigenvalue weighted by atomic mass is 10.1. The highest BCUT2D eigenvalue weighted by Crippen LogP contribution is 2.18. The summed E-state index contributed by atoms with van der Waals surface area (Å²) >= 11 is 0. The second-order valence-electron chi connectivity index (χ2n) is 7.18. The van der Waals surface area contributed by atoms with Crippen LogP contribution >= 0.6 is 0 Å². The summed E-state index contributed by atoms with van der Waals surface area (Å²) in [5.41, 5.74) is 4.17. The molecule has 0 atom stereocenters. The molecule has 7 heteroatoms. The molecular weight excluding hydrogens is 366 g/mol. The molecule has 7 nitrogen and oxygen atoms in total. The van der Waals surface area contributed by atoms with Crippen molar-refractivity contribution in [1.29, 1.82) is 0 Å². The number of hydrogen-bond donors (Lipinski definition) is 1. The Morgan fingerprint density at radius 3 is 2.52 bits per heavy atom. The van der Waals surface area contributed by atoms with Gasteiger partial charge in [-0.15, -0.1) is 0 Å². The van der Waals surface area contributed by atoms with Gasteiger partial charge < -0.3 is 9.80 Å². The number of hydrogen-bond acceptors (Lipinski definition) is 4. The van der Waals surface area contributed by atoms with E-state index in [9.17, 15) is 9.59 Å². The van der Waals surface area contributed by atoms with Crippen LogP contribution in [0.15, 0.2) is 54.9 Å². The number of aromatic nitrogens is 3. The highest BCUT2D eigenvalue weighted by molar-refractivity contribution is 5.93. The normalized spacial score (nSPS) is 14.1. The van der Waals surface area contributed by atoms with E-state index in [1.165, 1.54) is 0 Å². The van der Waals surface area contributed by atoms with Crippen molar-refractivity contribution in [1.82, 2.24) is 25.0 Å². The molecule has 0 unspecified atom stereocenters. The summed E-state index contributed by atoms with van der Waals surface area (Å²) in [6.07, 6.45) is 3.81. The van der Waals surface area contributed by atoms with E-state index < -0.39 is 0 Å². The van der Waals surface area contributed by atoms with E-state index in [1.807, 2.05) is 48.2 Å². The molecule has 0 spiro atoms. The SMILES string of the molecule is Cc1ccccc1CC(=O)N1CCN(C(=O)c2cc(-c3cccnc3)n[nH]2)CC1. The summed E-state index contributed by atoms with van der Waals surface area (Å²) in [7, 11) is 0. The second kappa shape index (κ2) is 8.26. The van der Waals surface area contributed by atoms with Crippen LogP contribution in [-0.2, 0) is 11.2 Å². The van der Waals surface area contributed by atoms with Gasteiger partial charge in [-0.2, -0.15) is 5.10 Å². The zero-order chi connectivity index (χ0) is 20.2. The van der Waals surface area contributed by atoms with Crippen LogP contribution in [0.5, 0.6) is 0 Å². The average Bonchev–Trinajstić information content (AvgIpc) is 3.26. The Hall–Kier alpha value is -3.48. The molecular formula is C22H23N5O2. The fraction of sp³-hybridized carbons (Fsp3) is 0.273. The molecule has 3 aromatic rings. The van der Waals surface area contributed by atoms with Gasteiger partial charge in [0.25, 0.3) is 5.91 Å². The van der Waals surface area contributed by atoms with Gasteiger partial charge in [0.15, 0.2) is 0 Å². The van der Waals surface area contributed by atoms with Gasteiger partial charge in [0.05, 0.1) is 12.1 Å². The monoisotopic (exact) mass is 389 g/mol. The molecule has 4 rings (SSSR count). The van der Waals surface area contributed by atoms with Gasteiger partial charge in [0, 0.05) is 44.1 Å². The first-order valence-corrected chi connectivity index (χ1v) is 9.69. The molecule has 1 saturated heterocycles. The molecule has 1 aromatic carbocycles. The molecule has 1 aliphatic heterocycles. The highest BCUT2D eigenvalue weighted by atomic mass is 16.2. The number of aromatic amines is 1. The zero-order valence-corrected chi connectivity index (χ0v) is 16.3. The van der Waals surface area contributed by atoms with Crippen LogP contribution in [0.4, 0.5) is 0 Å². The van der Waals surface area contributed by atoms with Gasteiger partial charge in [-0.05, 0) is 36.2 Å².